The Morgan fingerprint density at radius 2 is 1.72 bits per heavy atom. The molecule has 2 aromatic rings. The summed E-state index contributed by atoms with van der Waals surface area (Å²) >= 11 is 0. The summed E-state index contributed by atoms with van der Waals surface area (Å²) in [6.45, 7) is 3.46. The van der Waals surface area contributed by atoms with Crippen molar-refractivity contribution in [3.8, 4) is 5.75 Å². The molecule has 0 N–H and O–H groups in total. The van der Waals surface area contributed by atoms with Crippen molar-refractivity contribution in [2.45, 2.75) is 6.92 Å². The summed E-state index contributed by atoms with van der Waals surface area (Å²) in [5.74, 6) is -0.454. The molecule has 3 rings (SSSR count). The van der Waals surface area contributed by atoms with Gasteiger partial charge in [-0.05, 0) is 30.3 Å². The van der Waals surface area contributed by atoms with Crippen LogP contribution in [0.4, 0.5) is 10.1 Å². The van der Waals surface area contributed by atoms with Crippen molar-refractivity contribution in [1.29, 1.82) is 0 Å². The molecule has 130 valence electrons. The maximum atomic E-state index is 13.9. The van der Waals surface area contributed by atoms with Crippen LogP contribution in [0, 0.1) is 5.82 Å². The lowest BCUT2D eigenvalue weighted by molar-refractivity contribution is -0.131. The zero-order valence-electron chi connectivity index (χ0n) is 13.9. The van der Waals surface area contributed by atoms with Crippen molar-refractivity contribution >= 4 is 17.6 Å². The number of piperazine rings is 1. The summed E-state index contributed by atoms with van der Waals surface area (Å²) in [5.41, 5.74) is 1.03. The minimum atomic E-state index is -0.428. The van der Waals surface area contributed by atoms with Crippen molar-refractivity contribution in [2.24, 2.45) is 0 Å². The standard InChI is InChI=1S/C19H19FN2O3/c1-14(23)25-16-6-4-5-15(13-16)19(24)22-11-9-21(10-12-22)18-8-3-2-7-17(18)20/h2-8,13H,9-12H2,1H3. The highest BCUT2D eigenvalue weighted by molar-refractivity contribution is 5.95. The lowest BCUT2D eigenvalue weighted by atomic mass is 10.1. The van der Waals surface area contributed by atoms with E-state index in [0.717, 1.165) is 0 Å². The van der Waals surface area contributed by atoms with Gasteiger partial charge in [0, 0.05) is 38.7 Å². The summed E-state index contributed by atoms with van der Waals surface area (Å²) in [4.78, 5) is 27.3. The fraction of sp³-hybridized carbons (Fsp3) is 0.263. The van der Waals surface area contributed by atoms with Crippen LogP contribution in [-0.2, 0) is 4.79 Å². The SMILES string of the molecule is CC(=O)Oc1cccc(C(=O)N2CCN(c3ccccc3F)CC2)c1. The molecular weight excluding hydrogens is 323 g/mol. The monoisotopic (exact) mass is 342 g/mol. The Hall–Kier alpha value is -2.89. The first-order valence-electron chi connectivity index (χ1n) is 8.12. The predicted octanol–water partition coefficient (Wildman–Crippen LogP) is 2.71. The number of hydrogen-bond donors (Lipinski definition) is 0. The smallest absolute Gasteiger partial charge is 0.308 e. The first-order valence-corrected chi connectivity index (χ1v) is 8.12. The van der Waals surface area contributed by atoms with E-state index in [0.29, 0.717) is 43.2 Å². The topological polar surface area (TPSA) is 49.9 Å². The Balaban J connectivity index is 1.66. The van der Waals surface area contributed by atoms with Gasteiger partial charge in [0.15, 0.2) is 0 Å². The lowest BCUT2D eigenvalue weighted by Crippen LogP contribution is -2.49. The molecule has 1 saturated heterocycles. The Morgan fingerprint density at radius 3 is 2.40 bits per heavy atom. The summed E-state index contributed by atoms with van der Waals surface area (Å²) < 4.78 is 18.9. The Kier molecular flexibility index (Phi) is 4.97. The molecule has 1 aliphatic heterocycles. The van der Waals surface area contributed by atoms with Crippen molar-refractivity contribution in [1.82, 2.24) is 4.90 Å². The number of amides is 1. The number of rotatable bonds is 3. The van der Waals surface area contributed by atoms with Gasteiger partial charge in [-0.25, -0.2) is 4.39 Å². The van der Waals surface area contributed by atoms with Crippen LogP contribution in [0.15, 0.2) is 48.5 Å². The average Bonchev–Trinajstić information content (AvgIpc) is 2.61. The highest BCUT2D eigenvalue weighted by Crippen LogP contribution is 2.21. The molecule has 6 heteroatoms. The third-order valence-corrected chi connectivity index (χ3v) is 4.10. The van der Waals surface area contributed by atoms with Crippen LogP contribution in [0.3, 0.4) is 0 Å². The van der Waals surface area contributed by atoms with Gasteiger partial charge in [-0.1, -0.05) is 18.2 Å². The Bertz CT molecular complexity index is 786. The van der Waals surface area contributed by atoms with E-state index in [1.54, 1.807) is 47.4 Å². The minimum absolute atomic E-state index is 0.123. The van der Waals surface area contributed by atoms with E-state index in [1.807, 2.05) is 4.90 Å². The molecule has 1 amide bonds. The molecule has 2 aromatic carbocycles. The molecule has 0 unspecified atom stereocenters. The Labute approximate surface area is 145 Å². The largest absolute Gasteiger partial charge is 0.427 e. The van der Waals surface area contributed by atoms with Crippen molar-refractivity contribution in [3.05, 3.63) is 59.9 Å². The first kappa shape index (κ1) is 17.0. The van der Waals surface area contributed by atoms with Crippen LogP contribution in [0.25, 0.3) is 0 Å². The molecular formula is C19H19FN2O3. The fourth-order valence-electron chi connectivity index (χ4n) is 2.90. The quantitative estimate of drug-likeness (QED) is 0.636. The van der Waals surface area contributed by atoms with E-state index < -0.39 is 5.97 Å². The number of para-hydroxylation sites is 1. The second-order valence-electron chi connectivity index (χ2n) is 5.85. The molecule has 1 aliphatic rings. The van der Waals surface area contributed by atoms with Crippen LogP contribution in [0.5, 0.6) is 5.75 Å². The normalized spacial score (nSPS) is 14.3. The van der Waals surface area contributed by atoms with Crippen LogP contribution >= 0.6 is 0 Å². The van der Waals surface area contributed by atoms with Gasteiger partial charge in [-0.3, -0.25) is 9.59 Å². The fourth-order valence-corrected chi connectivity index (χ4v) is 2.90. The van der Waals surface area contributed by atoms with E-state index in [-0.39, 0.29) is 11.7 Å². The van der Waals surface area contributed by atoms with Crippen LogP contribution in [0.1, 0.15) is 17.3 Å². The number of benzene rings is 2. The summed E-state index contributed by atoms with van der Waals surface area (Å²) in [6.07, 6.45) is 0. The highest BCUT2D eigenvalue weighted by atomic mass is 19.1. The van der Waals surface area contributed by atoms with Gasteiger partial charge in [0.2, 0.25) is 0 Å². The van der Waals surface area contributed by atoms with Crippen LogP contribution in [0.2, 0.25) is 0 Å². The summed E-state index contributed by atoms with van der Waals surface area (Å²) in [5, 5.41) is 0. The number of ether oxygens (including phenoxy) is 1. The van der Waals surface area contributed by atoms with E-state index in [4.69, 9.17) is 4.74 Å². The molecule has 0 bridgehead atoms. The maximum absolute atomic E-state index is 13.9. The molecule has 1 fully saturated rings. The lowest BCUT2D eigenvalue weighted by Gasteiger charge is -2.36. The molecule has 0 radical (unpaired) electrons. The zero-order valence-corrected chi connectivity index (χ0v) is 13.9. The molecule has 0 aliphatic carbocycles. The van der Waals surface area contributed by atoms with Gasteiger partial charge in [0.25, 0.3) is 5.91 Å². The van der Waals surface area contributed by atoms with E-state index >= 15 is 0 Å². The second-order valence-corrected chi connectivity index (χ2v) is 5.85. The van der Waals surface area contributed by atoms with Crippen molar-refractivity contribution < 1.29 is 18.7 Å². The second kappa shape index (κ2) is 7.34. The molecule has 0 atom stereocenters. The number of nitrogens with zero attached hydrogens (tertiary/aromatic N) is 2. The number of halogens is 1. The molecule has 25 heavy (non-hydrogen) atoms. The molecule has 0 spiro atoms. The number of carbonyl (C=O) groups is 2. The highest BCUT2D eigenvalue weighted by Gasteiger charge is 2.23. The number of esters is 1. The van der Waals surface area contributed by atoms with Crippen LogP contribution in [-0.4, -0.2) is 43.0 Å². The first-order chi connectivity index (χ1) is 12.0. The Morgan fingerprint density at radius 1 is 1.00 bits per heavy atom. The van der Waals surface area contributed by atoms with Crippen LogP contribution < -0.4 is 9.64 Å². The summed E-state index contributed by atoms with van der Waals surface area (Å²) in [6, 6.07) is 13.2. The van der Waals surface area contributed by atoms with Crippen molar-refractivity contribution in [3.63, 3.8) is 0 Å². The minimum Gasteiger partial charge on any atom is -0.427 e. The van der Waals surface area contributed by atoms with E-state index in [9.17, 15) is 14.0 Å². The molecule has 1 heterocycles. The van der Waals surface area contributed by atoms with Gasteiger partial charge in [0.05, 0.1) is 5.69 Å². The third kappa shape index (κ3) is 3.96. The van der Waals surface area contributed by atoms with Crippen molar-refractivity contribution in [2.75, 3.05) is 31.1 Å². The van der Waals surface area contributed by atoms with Gasteiger partial charge in [-0.15, -0.1) is 0 Å². The van der Waals surface area contributed by atoms with E-state index in [2.05, 4.69) is 0 Å². The molecule has 0 saturated carbocycles. The average molecular weight is 342 g/mol. The molecule has 0 aromatic heterocycles. The maximum Gasteiger partial charge on any atom is 0.308 e. The number of carbonyl (C=O) groups excluding carboxylic acids is 2. The summed E-state index contributed by atoms with van der Waals surface area (Å²) in [7, 11) is 0. The zero-order chi connectivity index (χ0) is 17.8. The van der Waals surface area contributed by atoms with Gasteiger partial charge < -0.3 is 14.5 Å². The third-order valence-electron chi connectivity index (χ3n) is 4.10. The van der Waals surface area contributed by atoms with Gasteiger partial charge in [0.1, 0.15) is 11.6 Å². The number of hydrogen-bond acceptors (Lipinski definition) is 4. The van der Waals surface area contributed by atoms with Gasteiger partial charge in [-0.2, -0.15) is 0 Å². The van der Waals surface area contributed by atoms with Gasteiger partial charge >= 0.3 is 5.97 Å². The number of anilines is 1. The van der Waals surface area contributed by atoms with E-state index in [1.165, 1.54) is 13.0 Å². The molecule has 5 nitrogen and oxygen atoms in total. The predicted molar refractivity (Wildman–Crippen MR) is 92.3 cm³/mol.